The Morgan fingerprint density at radius 2 is 2.09 bits per heavy atom. The Balaban J connectivity index is 1.46. The third-order valence-corrected chi connectivity index (χ3v) is 6.24. The number of rotatable bonds is 3. The fourth-order valence-electron chi connectivity index (χ4n) is 4.87. The van der Waals surface area contributed by atoms with Crippen LogP contribution in [0.5, 0.6) is 0 Å². The lowest BCUT2D eigenvalue weighted by atomic mass is 9.68. The van der Waals surface area contributed by atoms with E-state index in [9.17, 15) is 18.0 Å². The first-order chi connectivity index (χ1) is 15.2. The number of carbonyl (C=O) groups excluding carboxylic acids is 1. The molecule has 168 valence electrons. The Labute approximate surface area is 181 Å². The van der Waals surface area contributed by atoms with Gasteiger partial charge in [0, 0.05) is 43.9 Å². The van der Waals surface area contributed by atoms with Gasteiger partial charge in [0.1, 0.15) is 5.54 Å². The summed E-state index contributed by atoms with van der Waals surface area (Å²) in [7, 11) is 1.63. The maximum Gasteiger partial charge on any atom is 0.417 e. The zero-order valence-corrected chi connectivity index (χ0v) is 17.5. The highest BCUT2D eigenvalue weighted by atomic mass is 19.4. The second kappa shape index (κ2) is 7.07. The molecule has 1 aliphatic heterocycles. The van der Waals surface area contributed by atoms with Gasteiger partial charge >= 0.3 is 12.2 Å². The maximum absolute atomic E-state index is 13.6. The lowest BCUT2D eigenvalue weighted by Crippen LogP contribution is -2.69. The predicted molar refractivity (Wildman–Crippen MR) is 107 cm³/mol. The fourth-order valence-corrected chi connectivity index (χ4v) is 4.87. The topological polar surface area (TPSA) is 89.1 Å². The second-order valence-electron chi connectivity index (χ2n) is 8.34. The molecule has 2 bridgehead atoms. The summed E-state index contributed by atoms with van der Waals surface area (Å²) in [5.41, 5.74) is -1.14. The molecule has 3 aromatic rings. The summed E-state index contributed by atoms with van der Waals surface area (Å²) in [5.74, 6) is 0.828. The van der Waals surface area contributed by atoms with Crippen molar-refractivity contribution in [1.29, 1.82) is 0 Å². The molecule has 2 fully saturated rings. The van der Waals surface area contributed by atoms with Crippen LogP contribution in [0.15, 0.2) is 34.9 Å². The molecule has 1 N–H and O–H groups in total. The van der Waals surface area contributed by atoms with Gasteiger partial charge in [-0.1, -0.05) is 0 Å². The van der Waals surface area contributed by atoms with E-state index >= 15 is 0 Å². The van der Waals surface area contributed by atoms with Crippen molar-refractivity contribution in [2.24, 2.45) is 7.05 Å². The van der Waals surface area contributed by atoms with E-state index in [0.29, 0.717) is 18.2 Å². The first kappa shape index (κ1) is 20.5. The Hall–Kier alpha value is -3.37. The van der Waals surface area contributed by atoms with Crippen molar-refractivity contribution in [2.45, 2.75) is 50.4 Å². The number of nitrogens with zero attached hydrogens (tertiary/aromatic N) is 5. The largest absolute Gasteiger partial charge is 0.423 e. The number of aryl methyl sites for hydroxylation is 2. The molecule has 2 aliphatic rings. The van der Waals surface area contributed by atoms with Gasteiger partial charge in [0.2, 0.25) is 11.8 Å². The minimum Gasteiger partial charge on any atom is -0.423 e. The Bertz CT molecular complexity index is 1180. The number of anilines is 1. The van der Waals surface area contributed by atoms with Gasteiger partial charge in [-0.15, -0.1) is 10.2 Å². The molecule has 0 spiro atoms. The van der Waals surface area contributed by atoms with E-state index in [4.69, 9.17) is 4.42 Å². The van der Waals surface area contributed by atoms with Gasteiger partial charge in [-0.2, -0.15) is 18.3 Å². The predicted octanol–water partition coefficient (Wildman–Crippen LogP) is 4.48. The number of benzene rings is 1. The van der Waals surface area contributed by atoms with Gasteiger partial charge in [0.25, 0.3) is 0 Å². The highest BCUT2D eigenvalue weighted by Crippen LogP contribution is 2.53. The summed E-state index contributed by atoms with van der Waals surface area (Å²) >= 11 is 0. The number of alkyl halides is 3. The molecule has 1 unspecified atom stereocenters. The van der Waals surface area contributed by atoms with Crippen molar-refractivity contribution >= 4 is 11.7 Å². The summed E-state index contributed by atoms with van der Waals surface area (Å²) in [5, 5.41) is 14.9. The van der Waals surface area contributed by atoms with Gasteiger partial charge in [-0.3, -0.25) is 4.68 Å². The summed E-state index contributed by atoms with van der Waals surface area (Å²) in [6.45, 7) is 1.69. The van der Waals surface area contributed by atoms with E-state index in [1.165, 1.54) is 22.9 Å². The van der Waals surface area contributed by atoms with Gasteiger partial charge in [0.05, 0.1) is 11.3 Å². The number of nitrogens with one attached hydrogen (secondary N) is 1. The minimum absolute atomic E-state index is 0.0284. The molecule has 0 radical (unpaired) electrons. The van der Waals surface area contributed by atoms with Crippen molar-refractivity contribution in [3.63, 3.8) is 0 Å². The third-order valence-electron chi connectivity index (χ3n) is 6.24. The standard InChI is InChI=1S/C21H21F3N6O2/c1-12-26-27-18(32-12)20-8-3-4-14(11-20)30(20)19(31)25-13-5-6-16(21(22,23)24)15(10-13)17-7-9-29(2)28-17/h5-7,9-10,14H,3-4,8,11H2,1-2H3,(H,25,31)/t14-,20?/m1/s1. The van der Waals surface area contributed by atoms with E-state index in [0.717, 1.165) is 25.3 Å². The van der Waals surface area contributed by atoms with Crippen LogP contribution >= 0.6 is 0 Å². The van der Waals surface area contributed by atoms with E-state index in [1.54, 1.807) is 25.1 Å². The van der Waals surface area contributed by atoms with Crippen LogP contribution in [0.1, 0.15) is 43.0 Å². The molecule has 1 saturated heterocycles. The molecular weight excluding hydrogens is 425 g/mol. The SMILES string of the molecule is Cc1nnc(C23CCC[C@H](C2)N3C(=O)Nc2ccc(C(F)(F)F)c(-c3ccn(C)n3)c2)o1. The van der Waals surface area contributed by atoms with Gasteiger partial charge in [-0.25, -0.2) is 4.79 Å². The average Bonchev–Trinajstić information content (AvgIpc) is 3.35. The lowest BCUT2D eigenvalue weighted by molar-refractivity contribution is -0.137. The number of fused-ring (bicyclic) bond motifs is 2. The molecule has 2 aromatic heterocycles. The van der Waals surface area contributed by atoms with Crippen LogP contribution in [-0.2, 0) is 18.8 Å². The molecular formula is C21H21F3N6O2. The summed E-state index contributed by atoms with van der Waals surface area (Å²) in [4.78, 5) is 14.9. The van der Waals surface area contributed by atoms with Crippen molar-refractivity contribution in [2.75, 3.05) is 5.32 Å². The van der Waals surface area contributed by atoms with E-state index < -0.39 is 23.3 Å². The normalized spacial score (nSPS) is 22.5. The smallest absolute Gasteiger partial charge is 0.417 e. The van der Waals surface area contributed by atoms with Crippen molar-refractivity contribution < 1.29 is 22.4 Å². The number of carbonyl (C=O) groups is 1. The molecule has 1 aliphatic carbocycles. The fraction of sp³-hybridized carbons (Fsp3) is 0.429. The van der Waals surface area contributed by atoms with Crippen LogP contribution < -0.4 is 5.32 Å². The molecule has 8 nitrogen and oxygen atoms in total. The van der Waals surface area contributed by atoms with Gasteiger partial charge < -0.3 is 14.6 Å². The van der Waals surface area contributed by atoms with Crippen LogP contribution in [0, 0.1) is 6.92 Å². The first-order valence-corrected chi connectivity index (χ1v) is 10.3. The van der Waals surface area contributed by atoms with E-state index in [1.807, 2.05) is 0 Å². The minimum atomic E-state index is -4.55. The number of amides is 2. The quantitative estimate of drug-likeness (QED) is 0.641. The molecule has 1 aromatic carbocycles. The van der Waals surface area contributed by atoms with Crippen LogP contribution in [0.3, 0.4) is 0 Å². The summed E-state index contributed by atoms with van der Waals surface area (Å²) in [6.07, 6.45) is 0.232. The zero-order chi connectivity index (χ0) is 22.7. The number of piperidine rings is 1. The molecule has 11 heteroatoms. The molecule has 2 atom stereocenters. The molecule has 32 heavy (non-hydrogen) atoms. The van der Waals surface area contributed by atoms with Gasteiger partial charge in [0.15, 0.2) is 0 Å². The van der Waals surface area contributed by atoms with Crippen LogP contribution in [0.25, 0.3) is 11.3 Å². The first-order valence-electron chi connectivity index (χ1n) is 10.3. The van der Waals surface area contributed by atoms with Crippen LogP contribution in [0.2, 0.25) is 0 Å². The monoisotopic (exact) mass is 446 g/mol. The highest BCUT2D eigenvalue weighted by Gasteiger charge is 2.60. The van der Waals surface area contributed by atoms with Gasteiger partial charge in [-0.05, 0) is 43.5 Å². The number of hydrogen-bond donors (Lipinski definition) is 1. The zero-order valence-electron chi connectivity index (χ0n) is 17.5. The summed E-state index contributed by atoms with van der Waals surface area (Å²) < 4.78 is 47.8. The van der Waals surface area contributed by atoms with E-state index in [2.05, 4.69) is 20.6 Å². The van der Waals surface area contributed by atoms with E-state index in [-0.39, 0.29) is 23.0 Å². The lowest BCUT2D eigenvalue weighted by Gasteiger charge is -2.59. The highest BCUT2D eigenvalue weighted by molar-refractivity contribution is 5.92. The van der Waals surface area contributed by atoms with Crippen molar-refractivity contribution in [1.82, 2.24) is 24.9 Å². The van der Waals surface area contributed by atoms with Crippen LogP contribution in [-0.4, -0.2) is 37.0 Å². The maximum atomic E-state index is 13.6. The molecule has 3 heterocycles. The molecule has 1 saturated carbocycles. The third kappa shape index (κ3) is 3.23. The van der Waals surface area contributed by atoms with Crippen LogP contribution in [0.4, 0.5) is 23.7 Å². The van der Waals surface area contributed by atoms with Crippen molar-refractivity contribution in [3.8, 4) is 11.3 Å². The van der Waals surface area contributed by atoms with Crippen molar-refractivity contribution in [3.05, 3.63) is 47.8 Å². The average molecular weight is 446 g/mol. The number of aromatic nitrogens is 4. The summed E-state index contributed by atoms with van der Waals surface area (Å²) in [6, 6.07) is 4.66. The Morgan fingerprint density at radius 3 is 2.72 bits per heavy atom. The molecule has 2 amide bonds. The number of likely N-dealkylation sites (tertiary alicyclic amines) is 1. The number of halogens is 3. The number of hydrogen-bond acceptors (Lipinski definition) is 5. The number of urea groups is 1. The molecule has 5 rings (SSSR count). The Kier molecular flexibility index (Phi) is 4.54. The second-order valence-corrected chi connectivity index (χ2v) is 8.34. The Morgan fingerprint density at radius 1 is 1.28 bits per heavy atom.